The third-order valence-electron chi connectivity index (χ3n) is 1.93. The van der Waals surface area contributed by atoms with Crippen molar-refractivity contribution < 1.29 is 9.63 Å². The lowest BCUT2D eigenvalue weighted by molar-refractivity contribution is -0.151. The third kappa shape index (κ3) is 4.91. The van der Waals surface area contributed by atoms with Gasteiger partial charge in [-0.3, -0.25) is 4.79 Å². The summed E-state index contributed by atoms with van der Waals surface area (Å²) in [6.07, 6.45) is 0.291. The molecule has 7 heteroatoms. The Morgan fingerprint density at radius 2 is 2.44 bits per heavy atom. The maximum Gasteiger partial charge on any atom is 0.327 e. The molecule has 90 valence electrons. The zero-order valence-electron chi connectivity index (χ0n) is 8.90. The molecule has 0 unspecified atom stereocenters. The molecule has 0 fully saturated rings. The molecule has 0 aromatic carbocycles. The molecule has 1 rings (SSSR count). The SMILES string of the molecule is CN(CCC(=O)ONN)Cc1ccc(Cl)s1. The normalized spacial score (nSPS) is 10.8. The molecule has 0 bridgehead atoms. The van der Waals surface area contributed by atoms with E-state index in [1.165, 1.54) is 11.3 Å². The molecule has 0 saturated carbocycles. The Labute approximate surface area is 103 Å². The van der Waals surface area contributed by atoms with Crippen molar-refractivity contribution in [3.8, 4) is 0 Å². The molecule has 3 N–H and O–H groups in total. The molecule has 1 heterocycles. The van der Waals surface area contributed by atoms with Gasteiger partial charge in [0.2, 0.25) is 0 Å². The van der Waals surface area contributed by atoms with Gasteiger partial charge in [-0.25, -0.2) is 5.84 Å². The van der Waals surface area contributed by atoms with E-state index in [0.717, 1.165) is 15.8 Å². The highest BCUT2D eigenvalue weighted by molar-refractivity contribution is 7.16. The van der Waals surface area contributed by atoms with Crippen molar-refractivity contribution in [2.75, 3.05) is 13.6 Å². The summed E-state index contributed by atoms with van der Waals surface area (Å²) in [6.45, 7) is 1.37. The van der Waals surface area contributed by atoms with Crippen LogP contribution in [-0.4, -0.2) is 24.5 Å². The minimum Gasteiger partial charge on any atom is -0.356 e. The minimum absolute atomic E-state index is 0.291. The van der Waals surface area contributed by atoms with Gasteiger partial charge in [-0.05, 0) is 19.2 Å². The molecule has 16 heavy (non-hydrogen) atoms. The lowest BCUT2D eigenvalue weighted by atomic mass is 10.3. The summed E-state index contributed by atoms with van der Waals surface area (Å²) >= 11 is 7.35. The van der Waals surface area contributed by atoms with Crippen molar-refractivity contribution in [1.29, 1.82) is 0 Å². The van der Waals surface area contributed by atoms with Gasteiger partial charge in [0.25, 0.3) is 0 Å². The first kappa shape index (κ1) is 13.4. The number of nitrogens with one attached hydrogen (secondary N) is 1. The molecule has 5 nitrogen and oxygen atoms in total. The van der Waals surface area contributed by atoms with Crippen molar-refractivity contribution >= 4 is 28.9 Å². The highest BCUT2D eigenvalue weighted by Crippen LogP contribution is 2.22. The van der Waals surface area contributed by atoms with E-state index < -0.39 is 0 Å². The lowest BCUT2D eigenvalue weighted by Gasteiger charge is -2.14. The Morgan fingerprint density at radius 3 is 3.00 bits per heavy atom. The predicted molar refractivity (Wildman–Crippen MR) is 63.7 cm³/mol. The molecular weight excluding hydrogens is 250 g/mol. The summed E-state index contributed by atoms with van der Waals surface area (Å²) in [5.74, 6) is 4.47. The van der Waals surface area contributed by atoms with Crippen LogP contribution in [0.15, 0.2) is 12.1 Å². The van der Waals surface area contributed by atoms with E-state index in [1.54, 1.807) is 0 Å². The molecule has 0 aliphatic rings. The number of rotatable bonds is 6. The first-order valence-electron chi connectivity index (χ1n) is 4.70. The van der Waals surface area contributed by atoms with Crippen molar-refractivity contribution in [1.82, 2.24) is 10.5 Å². The van der Waals surface area contributed by atoms with Gasteiger partial charge in [0.1, 0.15) is 0 Å². The van der Waals surface area contributed by atoms with Gasteiger partial charge in [-0.1, -0.05) is 17.2 Å². The fourth-order valence-corrected chi connectivity index (χ4v) is 2.35. The fraction of sp³-hybridized carbons (Fsp3) is 0.444. The molecule has 0 atom stereocenters. The largest absolute Gasteiger partial charge is 0.356 e. The second-order valence-corrected chi connectivity index (χ2v) is 5.09. The molecule has 0 radical (unpaired) electrons. The van der Waals surface area contributed by atoms with E-state index in [0.29, 0.717) is 13.0 Å². The van der Waals surface area contributed by atoms with Crippen LogP contribution in [0.25, 0.3) is 0 Å². The monoisotopic (exact) mass is 263 g/mol. The summed E-state index contributed by atoms with van der Waals surface area (Å²) in [5, 5.41) is 0. The highest BCUT2D eigenvalue weighted by Gasteiger charge is 2.07. The van der Waals surface area contributed by atoms with Crippen LogP contribution in [0.5, 0.6) is 0 Å². The summed E-state index contributed by atoms with van der Waals surface area (Å²) in [7, 11) is 1.93. The summed E-state index contributed by atoms with van der Waals surface area (Å²) in [5.41, 5.74) is 1.86. The van der Waals surface area contributed by atoms with E-state index in [1.807, 2.05) is 29.7 Å². The van der Waals surface area contributed by atoms with Crippen molar-refractivity contribution in [2.24, 2.45) is 5.84 Å². The number of thiophene rings is 1. The summed E-state index contributed by atoms with van der Waals surface area (Å²) in [4.78, 5) is 18.6. The van der Waals surface area contributed by atoms with Gasteiger partial charge in [0.15, 0.2) is 0 Å². The smallest absolute Gasteiger partial charge is 0.327 e. The third-order valence-corrected chi connectivity index (χ3v) is 3.14. The Balaban J connectivity index is 2.25. The Morgan fingerprint density at radius 1 is 1.69 bits per heavy atom. The van der Waals surface area contributed by atoms with Gasteiger partial charge in [-0.2, -0.15) is 0 Å². The van der Waals surface area contributed by atoms with Crippen LogP contribution in [0, 0.1) is 0 Å². The average Bonchev–Trinajstić information content (AvgIpc) is 2.61. The molecule has 1 aromatic rings. The van der Waals surface area contributed by atoms with Gasteiger partial charge in [0, 0.05) is 18.0 Å². The van der Waals surface area contributed by atoms with Crippen molar-refractivity contribution in [3.05, 3.63) is 21.3 Å². The Bertz CT molecular complexity index is 345. The zero-order valence-corrected chi connectivity index (χ0v) is 10.5. The van der Waals surface area contributed by atoms with Crippen molar-refractivity contribution in [3.63, 3.8) is 0 Å². The van der Waals surface area contributed by atoms with E-state index in [2.05, 4.69) is 4.84 Å². The second kappa shape index (κ2) is 6.82. The molecule has 0 spiro atoms. The number of nitrogens with zero attached hydrogens (tertiary/aromatic N) is 1. The zero-order chi connectivity index (χ0) is 12.0. The van der Waals surface area contributed by atoms with Crippen LogP contribution in [-0.2, 0) is 16.2 Å². The van der Waals surface area contributed by atoms with Crippen LogP contribution in [0.2, 0.25) is 4.34 Å². The molecule has 0 amide bonds. The number of halogens is 1. The van der Waals surface area contributed by atoms with Gasteiger partial charge in [-0.15, -0.1) is 11.3 Å². The average molecular weight is 264 g/mol. The topological polar surface area (TPSA) is 67.6 Å². The molecule has 0 aliphatic heterocycles. The van der Waals surface area contributed by atoms with E-state index in [-0.39, 0.29) is 5.97 Å². The van der Waals surface area contributed by atoms with Crippen LogP contribution >= 0.6 is 22.9 Å². The van der Waals surface area contributed by atoms with Crippen LogP contribution in [0.4, 0.5) is 0 Å². The Hall–Kier alpha value is -0.660. The van der Waals surface area contributed by atoms with E-state index >= 15 is 0 Å². The van der Waals surface area contributed by atoms with Gasteiger partial charge >= 0.3 is 5.97 Å². The number of hydrogen-bond donors (Lipinski definition) is 2. The quantitative estimate of drug-likeness (QED) is 0.595. The van der Waals surface area contributed by atoms with Crippen LogP contribution in [0.3, 0.4) is 0 Å². The minimum atomic E-state index is -0.376. The first-order chi connectivity index (χ1) is 7.61. The highest BCUT2D eigenvalue weighted by atomic mass is 35.5. The van der Waals surface area contributed by atoms with E-state index in [9.17, 15) is 4.79 Å². The standard InChI is InChI=1S/C9H14ClN3O2S/c1-13(5-4-9(14)15-12-11)6-7-2-3-8(10)16-7/h2-3,12H,4-6,11H2,1H3. The van der Waals surface area contributed by atoms with Crippen LogP contribution in [0.1, 0.15) is 11.3 Å². The molecule has 0 saturated heterocycles. The molecule has 1 aromatic heterocycles. The molecule has 0 aliphatic carbocycles. The first-order valence-corrected chi connectivity index (χ1v) is 5.89. The van der Waals surface area contributed by atoms with Crippen LogP contribution < -0.4 is 11.4 Å². The summed E-state index contributed by atoms with van der Waals surface area (Å²) in [6, 6.07) is 3.84. The fourth-order valence-electron chi connectivity index (χ4n) is 1.18. The number of carbonyl (C=O) groups is 1. The number of nitrogens with two attached hydrogens (primary N) is 1. The van der Waals surface area contributed by atoms with Gasteiger partial charge < -0.3 is 9.74 Å². The maximum absolute atomic E-state index is 11.0. The van der Waals surface area contributed by atoms with Gasteiger partial charge in [0.05, 0.1) is 10.8 Å². The van der Waals surface area contributed by atoms with Crippen molar-refractivity contribution in [2.45, 2.75) is 13.0 Å². The second-order valence-electron chi connectivity index (χ2n) is 3.29. The predicted octanol–water partition coefficient (Wildman–Crippen LogP) is 1.14. The molecular formula is C9H14ClN3O2S. The van der Waals surface area contributed by atoms with E-state index in [4.69, 9.17) is 17.4 Å². The lowest BCUT2D eigenvalue weighted by Crippen LogP contribution is -2.28. The number of carbonyl (C=O) groups excluding carboxylic acids is 1. The Kier molecular flexibility index (Phi) is 5.72. The number of hydrogen-bond acceptors (Lipinski definition) is 6. The maximum atomic E-state index is 11.0. The summed E-state index contributed by atoms with van der Waals surface area (Å²) < 4.78 is 0.773. The number of hydrazine groups is 1.